The Kier molecular flexibility index (Phi) is 4.47. The maximum atomic E-state index is 12.3. The van der Waals surface area contributed by atoms with Crippen molar-refractivity contribution in [1.29, 1.82) is 0 Å². The summed E-state index contributed by atoms with van der Waals surface area (Å²) >= 11 is 2.22. The van der Waals surface area contributed by atoms with Crippen molar-refractivity contribution in [2.75, 3.05) is 0 Å². The Labute approximate surface area is 125 Å². The number of rotatable bonds is 4. The van der Waals surface area contributed by atoms with Crippen molar-refractivity contribution in [2.24, 2.45) is 0 Å². The minimum Gasteiger partial charge on any atom is -0.481 e. The summed E-state index contributed by atoms with van der Waals surface area (Å²) in [6, 6.07) is 2.04. The van der Waals surface area contributed by atoms with Gasteiger partial charge in [-0.25, -0.2) is 4.98 Å². The molecule has 0 aliphatic heterocycles. The van der Waals surface area contributed by atoms with E-state index in [4.69, 9.17) is 5.11 Å². The normalized spacial score (nSPS) is 11.6. The quantitative estimate of drug-likeness (QED) is 0.925. The van der Waals surface area contributed by atoms with Crippen LogP contribution in [-0.4, -0.2) is 26.3 Å². The summed E-state index contributed by atoms with van der Waals surface area (Å²) in [7, 11) is 0. The SMILES string of the molecule is Cc1nc(Sc2ccc(C(F)(F)F)nn2)sc1CC(=O)O. The number of halogens is 3. The van der Waals surface area contributed by atoms with Crippen molar-refractivity contribution in [2.45, 2.75) is 28.9 Å². The molecule has 0 aliphatic rings. The maximum Gasteiger partial charge on any atom is 0.435 e. The first kappa shape index (κ1) is 15.7. The molecule has 0 bridgehead atoms. The molecule has 5 nitrogen and oxygen atoms in total. The Morgan fingerprint density at radius 2 is 2.10 bits per heavy atom. The number of aryl methyl sites for hydroxylation is 1. The van der Waals surface area contributed by atoms with Crippen LogP contribution < -0.4 is 0 Å². The lowest BCUT2D eigenvalue weighted by Gasteiger charge is -2.04. The molecule has 0 unspecified atom stereocenters. The highest BCUT2D eigenvalue weighted by molar-refractivity contribution is 8.01. The van der Waals surface area contributed by atoms with Crippen LogP contribution in [0.25, 0.3) is 0 Å². The van der Waals surface area contributed by atoms with Gasteiger partial charge in [0.1, 0.15) is 5.03 Å². The van der Waals surface area contributed by atoms with Crippen molar-refractivity contribution in [1.82, 2.24) is 15.2 Å². The first-order valence-electron chi connectivity index (χ1n) is 5.52. The van der Waals surface area contributed by atoms with Gasteiger partial charge < -0.3 is 5.11 Å². The number of nitrogens with zero attached hydrogens (tertiary/aromatic N) is 3. The van der Waals surface area contributed by atoms with E-state index in [1.54, 1.807) is 6.92 Å². The third-order valence-corrected chi connectivity index (χ3v) is 4.45. The van der Waals surface area contributed by atoms with Gasteiger partial charge in [-0.05, 0) is 30.8 Å². The molecule has 0 radical (unpaired) electrons. The molecule has 0 aliphatic carbocycles. The number of carbonyl (C=O) groups is 1. The number of thiazole rings is 1. The summed E-state index contributed by atoms with van der Waals surface area (Å²) in [6.07, 6.45) is -4.66. The topological polar surface area (TPSA) is 76.0 Å². The highest BCUT2D eigenvalue weighted by atomic mass is 32.2. The minimum absolute atomic E-state index is 0.136. The fourth-order valence-electron chi connectivity index (χ4n) is 1.36. The zero-order valence-electron chi connectivity index (χ0n) is 10.5. The van der Waals surface area contributed by atoms with Gasteiger partial charge in [0.15, 0.2) is 10.0 Å². The lowest BCUT2D eigenvalue weighted by molar-refractivity contribution is -0.142. The van der Waals surface area contributed by atoms with Crippen molar-refractivity contribution < 1.29 is 23.1 Å². The molecule has 0 atom stereocenters. The van der Waals surface area contributed by atoms with E-state index < -0.39 is 17.8 Å². The van der Waals surface area contributed by atoms with Gasteiger partial charge >= 0.3 is 12.1 Å². The average Bonchev–Trinajstić information content (AvgIpc) is 2.68. The fourth-order valence-corrected chi connectivity index (χ4v) is 3.45. The highest BCUT2D eigenvalue weighted by Gasteiger charge is 2.32. The first-order chi connectivity index (χ1) is 9.75. The van der Waals surface area contributed by atoms with Crippen LogP contribution in [0.4, 0.5) is 13.2 Å². The van der Waals surface area contributed by atoms with E-state index in [0.29, 0.717) is 14.9 Å². The molecule has 0 saturated heterocycles. The number of aromatic nitrogens is 3. The van der Waals surface area contributed by atoms with Crippen LogP contribution in [0, 0.1) is 6.92 Å². The predicted octanol–water partition coefficient (Wildman–Crippen LogP) is 3.04. The number of aliphatic carboxylic acids is 1. The molecular weight excluding hydrogens is 327 g/mol. The summed E-state index contributed by atoms with van der Waals surface area (Å²) in [5.41, 5.74) is -0.474. The summed E-state index contributed by atoms with van der Waals surface area (Å²) in [6.45, 7) is 1.68. The van der Waals surface area contributed by atoms with E-state index in [1.165, 1.54) is 17.4 Å². The molecule has 0 spiro atoms. The van der Waals surface area contributed by atoms with E-state index in [1.807, 2.05) is 0 Å². The summed E-state index contributed by atoms with van der Waals surface area (Å²) in [4.78, 5) is 15.4. The number of carboxylic acids is 1. The highest BCUT2D eigenvalue weighted by Crippen LogP contribution is 2.33. The molecule has 2 aromatic rings. The van der Waals surface area contributed by atoms with E-state index in [2.05, 4.69) is 15.2 Å². The maximum absolute atomic E-state index is 12.3. The van der Waals surface area contributed by atoms with Crippen molar-refractivity contribution in [3.63, 3.8) is 0 Å². The molecule has 112 valence electrons. The zero-order valence-corrected chi connectivity index (χ0v) is 12.1. The second-order valence-electron chi connectivity index (χ2n) is 3.92. The molecule has 0 saturated carbocycles. The largest absolute Gasteiger partial charge is 0.481 e. The third-order valence-electron chi connectivity index (χ3n) is 2.31. The number of hydrogen-bond acceptors (Lipinski definition) is 6. The fraction of sp³-hybridized carbons (Fsp3) is 0.273. The number of carboxylic acid groups (broad SMARTS) is 1. The standard InChI is InChI=1S/C11H8F3N3O2S2/c1-5-6(4-9(18)19)20-10(15-5)21-8-3-2-7(16-17-8)11(12,13)14/h2-3H,4H2,1H3,(H,18,19). The van der Waals surface area contributed by atoms with Crippen LogP contribution in [0.1, 0.15) is 16.3 Å². The van der Waals surface area contributed by atoms with Gasteiger partial charge in [-0.15, -0.1) is 21.5 Å². The first-order valence-corrected chi connectivity index (χ1v) is 7.16. The van der Waals surface area contributed by atoms with Gasteiger partial charge in [0.25, 0.3) is 0 Å². The molecule has 1 N–H and O–H groups in total. The Balaban J connectivity index is 2.13. The Morgan fingerprint density at radius 3 is 2.62 bits per heavy atom. The van der Waals surface area contributed by atoms with Gasteiger partial charge in [-0.1, -0.05) is 0 Å². The molecule has 2 rings (SSSR count). The molecule has 0 aromatic carbocycles. The monoisotopic (exact) mass is 335 g/mol. The number of alkyl halides is 3. The van der Waals surface area contributed by atoms with Gasteiger partial charge in [-0.2, -0.15) is 13.2 Å². The van der Waals surface area contributed by atoms with E-state index in [-0.39, 0.29) is 11.4 Å². The van der Waals surface area contributed by atoms with Gasteiger partial charge in [0, 0.05) is 4.88 Å². The van der Waals surface area contributed by atoms with Gasteiger partial charge in [-0.3, -0.25) is 4.79 Å². The number of hydrogen-bond donors (Lipinski definition) is 1. The van der Waals surface area contributed by atoms with Crippen LogP contribution in [0.3, 0.4) is 0 Å². The zero-order chi connectivity index (χ0) is 15.6. The van der Waals surface area contributed by atoms with Gasteiger partial charge in [0.05, 0.1) is 12.1 Å². The molecule has 21 heavy (non-hydrogen) atoms. The van der Waals surface area contributed by atoms with Crippen molar-refractivity contribution >= 4 is 29.1 Å². The van der Waals surface area contributed by atoms with Crippen LogP contribution in [0.2, 0.25) is 0 Å². The minimum atomic E-state index is -4.53. The van der Waals surface area contributed by atoms with Crippen LogP contribution >= 0.6 is 23.1 Å². The van der Waals surface area contributed by atoms with Crippen molar-refractivity contribution in [3.05, 3.63) is 28.4 Å². The van der Waals surface area contributed by atoms with E-state index in [0.717, 1.165) is 17.8 Å². The predicted molar refractivity (Wildman–Crippen MR) is 69.3 cm³/mol. The molecule has 0 amide bonds. The average molecular weight is 335 g/mol. The van der Waals surface area contributed by atoms with Gasteiger partial charge in [0.2, 0.25) is 0 Å². The Bertz CT molecular complexity index is 656. The Hall–Kier alpha value is -1.68. The second kappa shape index (κ2) is 5.98. The van der Waals surface area contributed by atoms with E-state index >= 15 is 0 Å². The van der Waals surface area contributed by atoms with Crippen LogP contribution in [-0.2, 0) is 17.4 Å². The van der Waals surface area contributed by atoms with Crippen LogP contribution in [0.15, 0.2) is 21.5 Å². The Morgan fingerprint density at radius 1 is 1.38 bits per heavy atom. The second-order valence-corrected chi connectivity index (χ2v) is 6.27. The lowest BCUT2D eigenvalue weighted by Crippen LogP contribution is -2.08. The summed E-state index contributed by atoms with van der Waals surface area (Å²) in [5, 5.41) is 15.6. The molecular formula is C11H8F3N3O2S2. The van der Waals surface area contributed by atoms with E-state index in [9.17, 15) is 18.0 Å². The molecule has 0 fully saturated rings. The summed E-state index contributed by atoms with van der Waals surface area (Å²) in [5.74, 6) is -0.965. The van der Waals surface area contributed by atoms with Crippen LogP contribution in [0.5, 0.6) is 0 Å². The smallest absolute Gasteiger partial charge is 0.435 e. The third kappa shape index (κ3) is 4.14. The molecule has 10 heteroatoms. The van der Waals surface area contributed by atoms with Crippen molar-refractivity contribution in [3.8, 4) is 0 Å². The lowest BCUT2D eigenvalue weighted by atomic mass is 10.3. The molecule has 2 heterocycles. The summed E-state index contributed by atoms with van der Waals surface area (Å²) < 4.78 is 37.6. The molecule has 2 aromatic heterocycles.